The Morgan fingerprint density at radius 2 is 1.63 bits per heavy atom. The molecule has 0 aliphatic carbocycles. The molecular formula is C23H20N4O3. The zero-order valence-electron chi connectivity index (χ0n) is 16.6. The van der Waals surface area contributed by atoms with E-state index in [0.717, 1.165) is 11.4 Å². The molecule has 1 amide bonds. The van der Waals surface area contributed by atoms with Crippen LogP contribution in [0.4, 0.5) is 5.69 Å². The minimum atomic E-state index is -0.349. The number of methoxy groups -OCH3 is 1. The van der Waals surface area contributed by atoms with E-state index in [9.17, 15) is 4.79 Å². The van der Waals surface area contributed by atoms with Gasteiger partial charge in [-0.1, -0.05) is 35.5 Å². The van der Waals surface area contributed by atoms with Crippen molar-refractivity contribution in [2.24, 2.45) is 0 Å². The van der Waals surface area contributed by atoms with Gasteiger partial charge in [-0.15, -0.1) is 5.10 Å². The molecule has 0 saturated heterocycles. The van der Waals surface area contributed by atoms with E-state index in [1.807, 2.05) is 66.7 Å². The SMILES string of the molecule is COc1cccc(-n2nnc(C(=O)Nc3cccc(Oc4ccccc4)c3)c2C)c1. The number of anilines is 1. The first-order chi connectivity index (χ1) is 14.6. The van der Waals surface area contributed by atoms with Crippen LogP contribution < -0.4 is 14.8 Å². The molecule has 0 aliphatic rings. The van der Waals surface area contributed by atoms with E-state index in [0.29, 0.717) is 22.9 Å². The van der Waals surface area contributed by atoms with E-state index in [2.05, 4.69) is 15.6 Å². The summed E-state index contributed by atoms with van der Waals surface area (Å²) < 4.78 is 12.7. The number of hydrogen-bond donors (Lipinski definition) is 1. The first kappa shape index (κ1) is 19.2. The molecule has 0 unspecified atom stereocenters. The van der Waals surface area contributed by atoms with Crippen LogP contribution in [0.15, 0.2) is 78.9 Å². The smallest absolute Gasteiger partial charge is 0.278 e. The summed E-state index contributed by atoms with van der Waals surface area (Å²) in [7, 11) is 1.60. The molecule has 7 heteroatoms. The number of aromatic nitrogens is 3. The van der Waals surface area contributed by atoms with Gasteiger partial charge in [0.1, 0.15) is 17.2 Å². The molecule has 30 heavy (non-hydrogen) atoms. The molecule has 3 aromatic carbocycles. The molecule has 0 radical (unpaired) electrons. The van der Waals surface area contributed by atoms with Gasteiger partial charge in [0.2, 0.25) is 0 Å². The average molecular weight is 400 g/mol. The predicted octanol–water partition coefficient (Wildman–Crippen LogP) is 4.63. The summed E-state index contributed by atoms with van der Waals surface area (Å²) in [6.07, 6.45) is 0. The molecule has 0 fully saturated rings. The maximum Gasteiger partial charge on any atom is 0.278 e. The van der Waals surface area contributed by atoms with E-state index >= 15 is 0 Å². The Bertz CT molecular complexity index is 1170. The number of amides is 1. The number of hydrogen-bond acceptors (Lipinski definition) is 5. The van der Waals surface area contributed by atoms with Gasteiger partial charge in [-0.05, 0) is 43.3 Å². The third-order valence-corrected chi connectivity index (χ3v) is 4.48. The summed E-state index contributed by atoms with van der Waals surface area (Å²) in [5.41, 5.74) is 2.23. The predicted molar refractivity (Wildman–Crippen MR) is 114 cm³/mol. The second-order valence-corrected chi connectivity index (χ2v) is 6.53. The fraction of sp³-hybridized carbons (Fsp3) is 0.0870. The van der Waals surface area contributed by atoms with Crippen molar-refractivity contribution in [3.8, 4) is 22.9 Å². The van der Waals surface area contributed by atoms with Gasteiger partial charge in [-0.25, -0.2) is 4.68 Å². The molecule has 1 N–H and O–H groups in total. The zero-order valence-corrected chi connectivity index (χ0v) is 16.6. The fourth-order valence-corrected chi connectivity index (χ4v) is 2.98. The highest BCUT2D eigenvalue weighted by Gasteiger charge is 2.18. The lowest BCUT2D eigenvalue weighted by atomic mass is 10.2. The average Bonchev–Trinajstić information content (AvgIpc) is 3.16. The Hall–Kier alpha value is -4.13. The zero-order chi connectivity index (χ0) is 20.9. The van der Waals surface area contributed by atoms with Crippen LogP contribution in [0.2, 0.25) is 0 Å². The molecule has 0 saturated carbocycles. The van der Waals surface area contributed by atoms with E-state index in [-0.39, 0.29) is 11.6 Å². The van der Waals surface area contributed by atoms with Gasteiger partial charge in [-0.2, -0.15) is 0 Å². The van der Waals surface area contributed by atoms with Crippen molar-refractivity contribution in [1.82, 2.24) is 15.0 Å². The van der Waals surface area contributed by atoms with Gasteiger partial charge in [0.25, 0.3) is 5.91 Å². The van der Waals surface area contributed by atoms with Crippen LogP contribution in [-0.2, 0) is 0 Å². The van der Waals surface area contributed by atoms with Crippen LogP contribution in [0.25, 0.3) is 5.69 Å². The van der Waals surface area contributed by atoms with Gasteiger partial charge in [0.05, 0.1) is 18.5 Å². The van der Waals surface area contributed by atoms with Gasteiger partial charge in [-0.3, -0.25) is 4.79 Å². The number of rotatable bonds is 6. The minimum Gasteiger partial charge on any atom is -0.497 e. The number of nitrogens with zero attached hydrogens (tertiary/aromatic N) is 3. The van der Waals surface area contributed by atoms with E-state index in [4.69, 9.17) is 9.47 Å². The Morgan fingerprint density at radius 3 is 2.43 bits per heavy atom. The normalized spacial score (nSPS) is 10.5. The number of carbonyl (C=O) groups is 1. The van der Waals surface area contributed by atoms with E-state index in [1.54, 1.807) is 30.8 Å². The van der Waals surface area contributed by atoms with Crippen LogP contribution in [0.5, 0.6) is 17.2 Å². The molecule has 4 aromatic rings. The molecule has 1 heterocycles. The molecule has 0 aliphatic heterocycles. The van der Waals surface area contributed by atoms with Gasteiger partial charge in [0.15, 0.2) is 5.69 Å². The topological polar surface area (TPSA) is 78.3 Å². The lowest BCUT2D eigenvalue weighted by molar-refractivity contribution is 0.102. The minimum absolute atomic E-state index is 0.243. The van der Waals surface area contributed by atoms with Crippen molar-refractivity contribution in [2.45, 2.75) is 6.92 Å². The van der Waals surface area contributed by atoms with Gasteiger partial charge < -0.3 is 14.8 Å². The van der Waals surface area contributed by atoms with Crippen LogP contribution in [0.3, 0.4) is 0 Å². The molecule has 1 aromatic heterocycles. The Balaban J connectivity index is 1.52. The standard InChI is InChI=1S/C23H20N4O3/c1-16-22(25-26-27(16)18-9-7-12-20(15-18)29-2)23(28)24-17-8-6-13-21(14-17)30-19-10-4-3-5-11-19/h3-15H,1-2H3,(H,24,28). The van der Waals surface area contributed by atoms with Crippen LogP contribution in [-0.4, -0.2) is 28.0 Å². The molecule has 150 valence electrons. The lowest BCUT2D eigenvalue weighted by Crippen LogP contribution is -2.14. The molecule has 0 bridgehead atoms. The molecular weight excluding hydrogens is 380 g/mol. The maximum atomic E-state index is 12.8. The summed E-state index contributed by atoms with van der Waals surface area (Å²) in [6.45, 7) is 1.79. The Morgan fingerprint density at radius 1 is 0.900 bits per heavy atom. The molecule has 7 nitrogen and oxygen atoms in total. The van der Waals surface area contributed by atoms with Crippen LogP contribution >= 0.6 is 0 Å². The van der Waals surface area contributed by atoms with Crippen molar-refractivity contribution in [3.63, 3.8) is 0 Å². The molecule has 0 atom stereocenters. The van der Waals surface area contributed by atoms with Crippen LogP contribution in [0, 0.1) is 6.92 Å². The fourth-order valence-electron chi connectivity index (χ4n) is 2.98. The third kappa shape index (κ3) is 4.15. The second kappa shape index (κ2) is 8.48. The Kier molecular flexibility index (Phi) is 5.43. The Labute approximate surface area is 173 Å². The summed E-state index contributed by atoms with van der Waals surface area (Å²) >= 11 is 0. The largest absolute Gasteiger partial charge is 0.497 e. The summed E-state index contributed by atoms with van der Waals surface area (Å²) in [5, 5.41) is 11.0. The van der Waals surface area contributed by atoms with Crippen LogP contribution in [0.1, 0.15) is 16.2 Å². The maximum absolute atomic E-state index is 12.8. The van der Waals surface area contributed by atoms with Gasteiger partial charge >= 0.3 is 0 Å². The number of nitrogens with one attached hydrogen (secondary N) is 1. The van der Waals surface area contributed by atoms with Crippen molar-refractivity contribution in [1.29, 1.82) is 0 Å². The lowest BCUT2D eigenvalue weighted by Gasteiger charge is -2.09. The highest BCUT2D eigenvalue weighted by molar-refractivity contribution is 6.03. The number of benzene rings is 3. The number of para-hydroxylation sites is 1. The van der Waals surface area contributed by atoms with Crippen molar-refractivity contribution in [3.05, 3.63) is 90.3 Å². The summed E-state index contributed by atoms with van der Waals surface area (Å²) in [5.74, 6) is 1.69. The number of ether oxygens (including phenoxy) is 2. The first-order valence-corrected chi connectivity index (χ1v) is 9.35. The van der Waals surface area contributed by atoms with Crippen molar-refractivity contribution in [2.75, 3.05) is 12.4 Å². The van der Waals surface area contributed by atoms with E-state index in [1.165, 1.54) is 0 Å². The first-order valence-electron chi connectivity index (χ1n) is 9.35. The van der Waals surface area contributed by atoms with E-state index < -0.39 is 0 Å². The quantitative estimate of drug-likeness (QED) is 0.511. The number of carbonyl (C=O) groups excluding carboxylic acids is 1. The van der Waals surface area contributed by atoms with Crippen molar-refractivity contribution >= 4 is 11.6 Å². The molecule has 0 spiro atoms. The van der Waals surface area contributed by atoms with Crippen molar-refractivity contribution < 1.29 is 14.3 Å². The summed E-state index contributed by atoms with van der Waals surface area (Å²) in [4.78, 5) is 12.8. The summed E-state index contributed by atoms with van der Waals surface area (Å²) in [6, 6.07) is 24.0. The highest BCUT2D eigenvalue weighted by atomic mass is 16.5. The monoisotopic (exact) mass is 400 g/mol. The molecule has 4 rings (SSSR count). The van der Waals surface area contributed by atoms with Gasteiger partial charge in [0, 0.05) is 17.8 Å². The second-order valence-electron chi connectivity index (χ2n) is 6.53. The third-order valence-electron chi connectivity index (χ3n) is 4.48. The highest BCUT2D eigenvalue weighted by Crippen LogP contribution is 2.24.